The predicted molar refractivity (Wildman–Crippen MR) is 103 cm³/mol. The minimum atomic E-state index is -3.66. The van der Waals surface area contributed by atoms with Crippen molar-refractivity contribution in [3.63, 3.8) is 0 Å². The maximum absolute atomic E-state index is 12.7. The third-order valence-electron chi connectivity index (χ3n) is 4.40. The molecule has 0 aliphatic carbocycles. The maximum Gasteiger partial charge on any atom is 0.236 e. The molecular formula is C18H22N2O4S2. The first-order chi connectivity index (χ1) is 12.4. The SMILES string of the molecule is O=S(=O)(Nc1ccccc1)C1CCCN(S(=O)(=O)Cc2ccccc2)C1. The number of nitrogens with zero attached hydrogens (tertiary/aromatic N) is 1. The summed E-state index contributed by atoms with van der Waals surface area (Å²) in [6, 6.07) is 17.6. The summed E-state index contributed by atoms with van der Waals surface area (Å²) in [6.45, 7) is 0.337. The molecule has 0 saturated carbocycles. The lowest BCUT2D eigenvalue weighted by Crippen LogP contribution is -2.46. The van der Waals surface area contributed by atoms with Crippen molar-refractivity contribution in [1.82, 2.24) is 4.31 Å². The highest BCUT2D eigenvalue weighted by Gasteiger charge is 2.35. The molecule has 3 rings (SSSR count). The summed E-state index contributed by atoms with van der Waals surface area (Å²) in [6.07, 6.45) is 0.966. The van der Waals surface area contributed by atoms with Gasteiger partial charge in [0.2, 0.25) is 20.0 Å². The summed E-state index contributed by atoms with van der Waals surface area (Å²) in [5.74, 6) is -0.118. The lowest BCUT2D eigenvalue weighted by molar-refractivity contribution is 0.346. The van der Waals surface area contributed by atoms with Gasteiger partial charge in [-0.25, -0.2) is 21.1 Å². The van der Waals surface area contributed by atoms with Crippen molar-refractivity contribution < 1.29 is 16.8 Å². The summed E-state index contributed by atoms with van der Waals surface area (Å²) in [5.41, 5.74) is 1.18. The Morgan fingerprint density at radius 1 is 0.923 bits per heavy atom. The van der Waals surface area contributed by atoms with Gasteiger partial charge in [-0.1, -0.05) is 48.5 Å². The Labute approximate surface area is 155 Å². The second-order valence-corrected chi connectivity index (χ2v) is 10.3. The Kier molecular flexibility index (Phi) is 5.64. The van der Waals surface area contributed by atoms with Gasteiger partial charge < -0.3 is 0 Å². The van der Waals surface area contributed by atoms with Crippen molar-refractivity contribution in [2.24, 2.45) is 0 Å². The molecule has 1 heterocycles. The average molecular weight is 395 g/mol. The van der Waals surface area contributed by atoms with E-state index in [-0.39, 0.29) is 12.3 Å². The van der Waals surface area contributed by atoms with Crippen LogP contribution in [0.15, 0.2) is 60.7 Å². The van der Waals surface area contributed by atoms with Gasteiger partial charge in [-0.15, -0.1) is 0 Å². The highest BCUT2D eigenvalue weighted by molar-refractivity contribution is 7.93. The number of hydrogen-bond acceptors (Lipinski definition) is 4. The Balaban J connectivity index is 1.72. The summed E-state index contributed by atoms with van der Waals surface area (Å²) < 4.78 is 54.6. The molecule has 1 saturated heterocycles. The smallest absolute Gasteiger partial charge is 0.236 e. The highest BCUT2D eigenvalue weighted by atomic mass is 32.2. The van der Waals surface area contributed by atoms with Gasteiger partial charge >= 0.3 is 0 Å². The quantitative estimate of drug-likeness (QED) is 0.816. The number of nitrogens with one attached hydrogen (secondary N) is 1. The molecule has 0 radical (unpaired) electrons. The number of rotatable bonds is 6. The molecule has 1 N–H and O–H groups in total. The van der Waals surface area contributed by atoms with Crippen molar-refractivity contribution >= 4 is 25.7 Å². The molecule has 6 nitrogen and oxygen atoms in total. The van der Waals surface area contributed by atoms with Gasteiger partial charge in [0.25, 0.3) is 0 Å². The molecule has 0 amide bonds. The molecular weight excluding hydrogens is 372 g/mol. The van der Waals surface area contributed by atoms with Gasteiger partial charge in [-0.05, 0) is 30.5 Å². The number of para-hydroxylation sites is 1. The molecule has 2 aromatic rings. The fraction of sp³-hybridized carbons (Fsp3) is 0.333. The molecule has 140 valence electrons. The summed E-state index contributed by atoms with van der Waals surface area (Å²) in [7, 11) is -7.22. The Morgan fingerprint density at radius 2 is 1.54 bits per heavy atom. The van der Waals surface area contributed by atoms with E-state index >= 15 is 0 Å². The van der Waals surface area contributed by atoms with Crippen LogP contribution in [0.25, 0.3) is 0 Å². The van der Waals surface area contributed by atoms with Crippen LogP contribution in [-0.2, 0) is 25.8 Å². The number of sulfonamides is 2. The van der Waals surface area contributed by atoms with Crippen LogP contribution in [0.2, 0.25) is 0 Å². The minimum absolute atomic E-state index is 0.0165. The molecule has 0 spiro atoms. The van der Waals surface area contributed by atoms with Crippen molar-refractivity contribution in [1.29, 1.82) is 0 Å². The zero-order valence-corrected chi connectivity index (χ0v) is 15.9. The number of hydrogen-bond donors (Lipinski definition) is 1. The average Bonchev–Trinajstić information content (AvgIpc) is 2.63. The van der Waals surface area contributed by atoms with E-state index in [0.717, 1.165) is 0 Å². The van der Waals surface area contributed by atoms with E-state index in [0.29, 0.717) is 30.6 Å². The normalized spacial score (nSPS) is 19.2. The summed E-state index contributed by atoms with van der Waals surface area (Å²) in [5, 5.41) is -0.762. The van der Waals surface area contributed by atoms with Gasteiger partial charge in [0.1, 0.15) is 0 Å². The third kappa shape index (κ3) is 4.63. The Hall–Kier alpha value is -1.90. The molecule has 26 heavy (non-hydrogen) atoms. The molecule has 1 aliphatic rings. The first-order valence-corrected chi connectivity index (χ1v) is 11.6. The fourth-order valence-electron chi connectivity index (χ4n) is 3.04. The molecule has 1 unspecified atom stereocenters. The summed E-state index contributed by atoms with van der Waals surface area (Å²) >= 11 is 0. The van der Waals surface area contributed by atoms with Crippen molar-refractivity contribution in [3.8, 4) is 0 Å². The lowest BCUT2D eigenvalue weighted by atomic mass is 10.2. The van der Waals surface area contributed by atoms with Crippen molar-refractivity contribution in [2.45, 2.75) is 23.8 Å². The summed E-state index contributed by atoms with van der Waals surface area (Å²) in [4.78, 5) is 0. The van der Waals surface area contributed by atoms with Crippen molar-refractivity contribution in [2.75, 3.05) is 17.8 Å². The first-order valence-electron chi connectivity index (χ1n) is 8.45. The lowest BCUT2D eigenvalue weighted by Gasteiger charge is -2.31. The van der Waals surface area contributed by atoms with E-state index in [4.69, 9.17) is 0 Å². The fourth-order valence-corrected chi connectivity index (χ4v) is 6.23. The van der Waals surface area contributed by atoms with Crippen molar-refractivity contribution in [3.05, 3.63) is 66.2 Å². The zero-order chi connectivity index (χ0) is 18.6. The second-order valence-electron chi connectivity index (χ2n) is 6.38. The third-order valence-corrected chi connectivity index (χ3v) is 8.00. The van der Waals surface area contributed by atoms with Crippen LogP contribution in [0.4, 0.5) is 5.69 Å². The van der Waals surface area contributed by atoms with Gasteiger partial charge in [-0.3, -0.25) is 4.72 Å². The highest BCUT2D eigenvalue weighted by Crippen LogP contribution is 2.23. The van der Waals surface area contributed by atoms with Crippen LogP contribution in [0.1, 0.15) is 18.4 Å². The zero-order valence-electron chi connectivity index (χ0n) is 14.3. The van der Waals surface area contributed by atoms with Gasteiger partial charge in [0.15, 0.2) is 0 Å². The standard InChI is InChI=1S/C18H22N2O4S2/c21-25(22,15-16-8-3-1-4-9-16)20-13-7-12-18(14-20)26(23,24)19-17-10-5-2-6-11-17/h1-6,8-11,18-19H,7,12-15H2. The van der Waals surface area contributed by atoms with E-state index in [9.17, 15) is 16.8 Å². The Morgan fingerprint density at radius 3 is 2.19 bits per heavy atom. The predicted octanol–water partition coefficient (Wildman–Crippen LogP) is 2.42. The molecule has 2 aromatic carbocycles. The molecule has 8 heteroatoms. The second kappa shape index (κ2) is 7.77. The van der Waals surface area contributed by atoms with Gasteiger partial charge in [0.05, 0.1) is 11.0 Å². The largest absolute Gasteiger partial charge is 0.283 e. The van der Waals surface area contributed by atoms with Crippen LogP contribution < -0.4 is 4.72 Å². The van der Waals surface area contributed by atoms with Crippen LogP contribution in [0, 0.1) is 0 Å². The molecule has 1 fully saturated rings. The van der Waals surface area contributed by atoms with E-state index in [1.165, 1.54) is 4.31 Å². The number of piperidine rings is 1. The number of anilines is 1. The topological polar surface area (TPSA) is 83.6 Å². The molecule has 0 aromatic heterocycles. The van der Waals surface area contributed by atoms with Crippen LogP contribution in [-0.4, -0.2) is 39.5 Å². The number of benzene rings is 2. The first kappa shape index (κ1) is 18.9. The van der Waals surface area contributed by atoms with E-state index in [1.54, 1.807) is 54.6 Å². The van der Waals surface area contributed by atoms with E-state index < -0.39 is 25.3 Å². The van der Waals surface area contributed by atoms with Gasteiger partial charge in [-0.2, -0.15) is 0 Å². The minimum Gasteiger partial charge on any atom is -0.283 e. The molecule has 1 aliphatic heterocycles. The van der Waals surface area contributed by atoms with Crippen LogP contribution >= 0.6 is 0 Å². The van der Waals surface area contributed by atoms with Gasteiger partial charge in [0, 0.05) is 18.8 Å². The maximum atomic E-state index is 12.7. The van der Waals surface area contributed by atoms with Crippen LogP contribution in [0.5, 0.6) is 0 Å². The van der Waals surface area contributed by atoms with E-state index in [2.05, 4.69) is 4.72 Å². The molecule has 1 atom stereocenters. The monoisotopic (exact) mass is 394 g/mol. The van der Waals surface area contributed by atoms with Crippen LogP contribution in [0.3, 0.4) is 0 Å². The molecule has 0 bridgehead atoms. The van der Waals surface area contributed by atoms with E-state index in [1.807, 2.05) is 6.07 Å². The Bertz CT molecular complexity index is 852.